The van der Waals surface area contributed by atoms with Crippen LogP contribution in [0.25, 0.3) is 0 Å². The Kier molecular flexibility index (Phi) is 4.74. The van der Waals surface area contributed by atoms with Gasteiger partial charge in [0.15, 0.2) is 0 Å². The van der Waals surface area contributed by atoms with E-state index in [0.29, 0.717) is 30.3 Å². The van der Waals surface area contributed by atoms with Crippen molar-refractivity contribution < 1.29 is 14.2 Å². The van der Waals surface area contributed by atoms with Gasteiger partial charge < -0.3 is 9.84 Å². The predicted octanol–water partition coefficient (Wildman–Crippen LogP) is 3.30. The van der Waals surface area contributed by atoms with E-state index in [0.717, 1.165) is 0 Å². The SMILES string of the molecule is CCOc1ccc(F)c(C(O)CC(C)C)c1. The molecule has 0 amide bonds. The van der Waals surface area contributed by atoms with Gasteiger partial charge in [-0.2, -0.15) is 0 Å². The second-order valence-electron chi connectivity index (χ2n) is 4.26. The Morgan fingerprint density at radius 3 is 2.62 bits per heavy atom. The quantitative estimate of drug-likeness (QED) is 0.834. The second-order valence-corrected chi connectivity index (χ2v) is 4.26. The maximum atomic E-state index is 13.5. The van der Waals surface area contributed by atoms with Gasteiger partial charge in [0.25, 0.3) is 0 Å². The number of halogens is 1. The van der Waals surface area contributed by atoms with Crippen LogP contribution >= 0.6 is 0 Å². The summed E-state index contributed by atoms with van der Waals surface area (Å²) in [6.45, 7) is 6.39. The largest absolute Gasteiger partial charge is 0.494 e. The number of rotatable bonds is 5. The number of aliphatic hydroxyl groups is 1. The van der Waals surface area contributed by atoms with Crippen LogP contribution in [0.2, 0.25) is 0 Å². The van der Waals surface area contributed by atoms with Gasteiger partial charge in [-0.15, -0.1) is 0 Å². The summed E-state index contributed by atoms with van der Waals surface area (Å²) in [5, 5.41) is 9.87. The van der Waals surface area contributed by atoms with Crippen LogP contribution < -0.4 is 4.74 Å². The van der Waals surface area contributed by atoms with Gasteiger partial charge in [-0.3, -0.25) is 0 Å². The van der Waals surface area contributed by atoms with Crippen molar-refractivity contribution in [3.63, 3.8) is 0 Å². The van der Waals surface area contributed by atoms with Crippen molar-refractivity contribution in [1.82, 2.24) is 0 Å². The standard InChI is InChI=1S/C13H19FO2/c1-4-16-10-5-6-12(14)11(8-10)13(15)7-9(2)3/h5-6,8-9,13,15H,4,7H2,1-3H3. The van der Waals surface area contributed by atoms with Gasteiger partial charge in [0, 0.05) is 5.56 Å². The summed E-state index contributed by atoms with van der Waals surface area (Å²) in [6, 6.07) is 4.49. The molecular weight excluding hydrogens is 207 g/mol. The minimum atomic E-state index is -0.764. The van der Waals surface area contributed by atoms with Crippen molar-refractivity contribution in [1.29, 1.82) is 0 Å². The number of hydrogen-bond acceptors (Lipinski definition) is 2. The fourth-order valence-electron chi connectivity index (χ4n) is 1.61. The molecular formula is C13H19FO2. The van der Waals surface area contributed by atoms with Gasteiger partial charge in [0.2, 0.25) is 0 Å². The lowest BCUT2D eigenvalue weighted by Gasteiger charge is -2.15. The number of ether oxygens (including phenoxy) is 1. The zero-order valence-corrected chi connectivity index (χ0v) is 10.0. The lowest BCUT2D eigenvalue weighted by atomic mass is 9.99. The molecule has 0 radical (unpaired) electrons. The molecule has 0 saturated heterocycles. The molecule has 0 bridgehead atoms. The Morgan fingerprint density at radius 2 is 2.06 bits per heavy atom. The van der Waals surface area contributed by atoms with E-state index in [9.17, 15) is 9.50 Å². The van der Waals surface area contributed by atoms with E-state index in [2.05, 4.69) is 0 Å². The van der Waals surface area contributed by atoms with E-state index in [-0.39, 0.29) is 5.82 Å². The van der Waals surface area contributed by atoms with Crippen LogP contribution in [0.4, 0.5) is 4.39 Å². The molecule has 16 heavy (non-hydrogen) atoms. The summed E-state index contributed by atoms with van der Waals surface area (Å²) in [6.07, 6.45) is -0.215. The first-order chi connectivity index (χ1) is 7.54. The van der Waals surface area contributed by atoms with Gasteiger partial charge in [-0.25, -0.2) is 4.39 Å². The fraction of sp³-hybridized carbons (Fsp3) is 0.538. The number of hydrogen-bond donors (Lipinski definition) is 1. The van der Waals surface area contributed by atoms with Gasteiger partial charge >= 0.3 is 0 Å². The van der Waals surface area contributed by atoms with E-state index in [1.807, 2.05) is 20.8 Å². The molecule has 0 fully saturated rings. The van der Waals surface area contributed by atoms with Gasteiger partial charge in [-0.05, 0) is 37.5 Å². The molecule has 1 atom stereocenters. The fourth-order valence-corrected chi connectivity index (χ4v) is 1.61. The van der Waals surface area contributed by atoms with Crippen molar-refractivity contribution in [3.05, 3.63) is 29.6 Å². The van der Waals surface area contributed by atoms with E-state index < -0.39 is 6.10 Å². The third-order valence-electron chi connectivity index (χ3n) is 2.33. The third kappa shape index (κ3) is 3.49. The molecule has 1 N–H and O–H groups in total. The minimum Gasteiger partial charge on any atom is -0.494 e. The molecule has 1 rings (SSSR count). The van der Waals surface area contributed by atoms with E-state index in [1.54, 1.807) is 12.1 Å². The van der Waals surface area contributed by atoms with Crippen LogP contribution in [0.15, 0.2) is 18.2 Å². The average molecular weight is 226 g/mol. The normalized spacial score (nSPS) is 12.9. The lowest BCUT2D eigenvalue weighted by molar-refractivity contribution is 0.146. The smallest absolute Gasteiger partial charge is 0.129 e. The Balaban J connectivity index is 2.88. The highest BCUT2D eigenvalue weighted by Crippen LogP contribution is 2.27. The molecule has 1 aromatic rings. The first-order valence-corrected chi connectivity index (χ1v) is 5.64. The topological polar surface area (TPSA) is 29.5 Å². The molecule has 0 aromatic heterocycles. The summed E-state index contributed by atoms with van der Waals surface area (Å²) in [7, 11) is 0. The lowest BCUT2D eigenvalue weighted by Crippen LogP contribution is -2.05. The number of aliphatic hydroxyl groups excluding tert-OH is 1. The highest BCUT2D eigenvalue weighted by atomic mass is 19.1. The molecule has 0 spiro atoms. The summed E-state index contributed by atoms with van der Waals surface area (Å²) in [5.41, 5.74) is 0.319. The molecule has 90 valence electrons. The average Bonchev–Trinajstić information content (AvgIpc) is 2.20. The Bertz CT molecular complexity index is 337. The van der Waals surface area contributed by atoms with Crippen LogP contribution in [0.1, 0.15) is 38.9 Å². The van der Waals surface area contributed by atoms with Gasteiger partial charge in [0.1, 0.15) is 11.6 Å². The van der Waals surface area contributed by atoms with Crippen LogP contribution in [-0.2, 0) is 0 Å². The highest BCUT2D eigenvalue weighted by Gasteiger charge is 2.15. The Labute approximate surface area is 96.1 Å². The number of benzene rings is 1. The van der Waals surface area contributed by atoms with Crippen LogP contribution in [0.5, 0.6) is 5.75 Å². The third-order valence-corrected chi connectivity index (χ3v) is 2.33. The Morgan fingerprint density at radius 1 is 1.38 bits per heavy atom. The van der Waals surface area contributed by atoms with Crippen molar-refractivity contribution in [2.75, 3.05) is 6.61 Å². The van der Waals surface area contributed by atoms with Crippen molar-refractivity contribution in [3.8, 4) is 5.75 Å². The molecule has 0 aliphatic rings. The molecule has 3 heteroatoms. The molecule has 0 aliphatic carbocycles. The van der Waals surface area contributed by atoms with Crippen LogP contribution in [0, 0.1) is 11.7 Å². The zero-order chi connectivity index (χ0) is 12.1. The summed E-state index contributed by atoms with van der Waals surface area (Å²) < 4.78 is 18.8. The minimum absolute atomic E-state index is 0.319. The Hall–Kier alpha value is -1.09. The molecule has 0 saturated carbocycles. The van der Waals surface area contributed by atoms with E-state index >= 15 is 0 Å². The molecule has 1 unspecified atom stereocenters. The summed E-state index contributed by atoms with van der Waals surface area (Å²) in [5.74, 6) is 0.545. The first-order valence-electron chi connectivity index (χ1n) is 5.64. The maximum Gasteiger partial charge on any atom is 0.129 e. The first kappa shape index (κ1) is 13.0. The molecule has 1 aromatic carbocycles. The summed E-state index contributed by atoms with van der Waals surface area (Å²) >= 11 is 0. The van der Waals surface area contributed by atoms with Crippen molar-refractivity contribution >= 4 is 0 Å². The summed E-state index contributed by atoms with van der Waals surface area (Å²) in [4.78, 5) is 0. The van der Waals surface area contributed by atoms with Crippen molar-refractivity contribution in [2.45, 2.75) is 33.3 Å². The van der Waals surface area contributed by atoms with E-state index in [4.69, 9.17) is 4.74 Å². The highest BCUT2D eigenvalue weighted by molar-refractivity contribution is 5.31. The molecule has 0 aliphatic heterocycles. The van der Waals surface area contributed by atoms with Gasteiger partial charge in [-0.1, -0.05) is 13.8 Å². The van der Waals surface area contributed by atoms with Gasteiger partial charge in [0.05, 0.1) is 12.7 Å². The zero-order valence-electron chi connectivity index (χ0n) is 10.0. The maximum absolute atomic E-state index is 13.5. The predicted molar refractivity (Wildman–Crippen MR) is 62.0 cm³/mol. The molecule has 2 nitrogen and oxygen atoms in total. The monoisotopic (exact) mass is 226 g/mol. The van der Waals surface area contributed by atoms with Crippen molar-refractivity contribution in [2.24, 2.45) is 5.92 Å². The van der Waals surface area contributed by atoms with E-state index in [1.165, 1.54) is 6.07 Å². The molecule has 0 heterocycles. The van der Waals surface area contributed by atoms with Crippen LogP contribution in [-0.4, -0.2) is 11.7 Å². The second kappa shape index (κ2) is 5.85. The van der Waals surface area contributed by atoms with Crippen LogP contribution in [0.3, 0.4) is 0 Å².